The molecule has 7 nitrogen and oxygen atoms in total. The van der Waals surface area contributed by atoms with Crippen molar-refractivity contribution in [2.24, 2.45) is 0 Å². The molecule has 0 bridgehead atoms. The van der Waals surface area contributed by atoms with Gasteiger partial charge in [-0.1, -0.05) is 6.92 Å². The molecule has 0 aliphatic rings. The Morgan fingerprint density at radius 3 is 2.95 bits per heavy atom. The third kappa shape index (κ3) is 4.02. The lowest BCUT2D eigenvalue weighted by Crippen LogP contribution is -2.26. The molecule has 0 atom stereocenters. The second kappa shape index (κ2) is 7.59. The quantitative estimate of drug-likeness (QED) is 0.585. The van der Waals surface area contributed by atoms with Gasteiger partial charge in [0, 0.05) is 25.4 Å². The Labute approximate surface area is 121 Å². The summed E-state index contributed by atoms with van der Waals surface area (Å²) < 4.78 is 0. The van der Waals surface area contributed by atoms with E-state index in [1.807, 2.05) is 6.92 Å². The summed E-state index contributed by atoms with van der Waals surface area (Å²) >= 11 is 1.51. The van der Waals surface area contributed by atoms with Crippen molar-refractivity contribution in [2.45, 2.75) is 24.8 Å². The number of rotatable bonds is 7. The normalized spacial score (nSPS) is 10.4. The van der Waals surface area contributed by atoms with Gasteiger partial charge in [-0.3, -0.25) is 9.89 Å². The number of nitrogens with zero attached hydrogens (tertiary/aromatic N) is 4. The number of carbonyl (C=O) groups is 1. The number of hydrogen-bond acceptors (Lipinski definition) is 6. The Balaban J connectivity index is 1.82. The number of aryl methyl sites for hydroxylation is 1. The van der Waals surface area contributed by atoms with Crippen LogP contribution < -0.4 is 5.32 Å². The molecule has 0 saturated carbocycles. The predicted octanol–water partition coefficient (Wildman–Crippen LogP) is 1.07. The number of carbonyl (C=O) groups excluding carboxylic acids is 1. The van der Waals surface area contributed by atoms with E-state index < -0.39 is 0 Å². The van der Waals surface area contributed by atoms with Crippen LogP contribution >= 0.6 is 11.8 Å². The van der Waals surface area contributed by atoms with Crippen LogP contribution in [0, 0.1) is 0 Å². The van der Waals surface area contributed by atoms with Crippen LogP contribution in [-0.2, 0) is 6.42 Å². The average Bonchev–Trinajstić information content (AvgIpc) is 2.97. The first kappa shape index (κ1) is 14.4. The van der Waals surface area contributed by atoms with Crippen molar-refractivity contribution in [1.29, 1.82) is 0 Å². The predicted molar refractivity (Wildman–Crippen MR) is 75.5 cm³/mol. The molecule has 2 heterocycles. The highest BCUT2D eigenvalue weighted by Gasteiger charge is 2.13. The molecule has 0 saturated heterocycles. The average molecular weight is 292 g/mol. The van der Waals surface area contributed by atoms with Crippen molar-refractivity contribution < 1.29 is 4.79 Å². The molecule has 106 valence electrons. The summed E-state index contributed by atoms with van der Waals surface area (Å²) in [6.45, 7) is 2.57. The molecule has 2 rings (SSSR count). The highest BCUT2D eigenvalue weighted by molar-refractivity contribution is 7.99. The van der Waals surface area contributed by atoms with Crippen molar-refractivity contribution in [2.75, 3.05) is 12.3 Å². The number of thioether (sulfide) groups is 1. The minimum Gasteiger partial charge on any atom is -0.351 e. The molecule has 0 aromatic carbocycles. The summed E-state index contributed by atoms with van der Waals surface area (Å²) in [6, 6.07) is 0. The van der Waals surface area contributed by atoms with Gasteiger partial charge >= 0.3 is 0 Å². The summed E-state index contributed by atoms with van der Waals surface area (Å²) in [5.41, 5.74) is 0.388. The van der Waals surface area contributed by atoms with Crippen molar-refractivity contribution in [3.8, 4) is 0 Å². The van der Waals surface area contributed by atoms with Crippen LogP contribution in [0.4, 0.5) is 0 Å². The monoisotopic (exact) mass is 292 g/mol. The van der Waals surface area contributed by atoms with E-state index in [1.165, 1.54) is 24.3 Å². The lowest BCUT2D eigenvalue weighted by molar-refractivity contribution is 0.0944. The Bertz CT molecular complexity index is 545. The summed E-state index contributed by atoms with van der Waals surface area (Å²) in [4.78, 5) is 24.3. The maximum absolute atomic E-state index is 12.0. The summed E-state index contributed by atoms with van der Waals surface area (Å²) in [6.07, 6.45) is 6.14. The van der Waals surface area contributed by atoms with Crippen molar-refractivity contribution >= 4 is 17.7 Å². The zero-order valence-electron chi connectivity index (χ0n) is 11.2. The van der Waals surface area contributed by atoms with Crippen LogP contribution in [0.3, 0.4) is 0 Å². The first-order chi connectivity index (χ1) is 9.81. The number of amides is 1. The Kier molecular flexibility index (Phi) is 5.48. The van der Waals surface area contributed by atoms with Gasteiger partial charge in [0.25, 0.3) is 5.91 Å². The Hall–Kier alpha value is -1.96. The molecule has 2 aromatic rings. The SMILES string of the molecule is CCSc1nccnc1C(=O)NCCCc1ncn[nH]1. The first-order valence-corrected chi connectivity index (χ1v) is 7.36. The molecule has 0 aliphatic heterocycles. The van der Waals surface area contributed by atoms with Gasteiger partial charge in [0.15, 0.2) is 5.69 Å². The molecular weight excluding hydrogens is 276 g/mol. The van der Waals surface area contributed by atoms with Crippen molar-refractivity contribution in [1.82, 2.24) is 30.5 Å². The van der Waals surface area contributed by atoms with Crippen LogP contribution in [-0.4, -0.2) is 43.4 Å². The molecule has 20 heavy (non-hydrogen) atoms. The lowest BCUT2D eigenvalue weighted by Gasteiger charge is -2.06. The highest BCUT2D eigenvalue weighted by atomic mass is 32.2. The first-order valence-electron chi connectivity index (χ1n) is 6.37. The van der Waals surface area contributed by atoms with E-state index in [0.717, 1.165) is 24.4 Å². The summed E-state index contributed by atoms with van der Waals surface area (Å²) in [5, 5.41) is 10.1. The van der Waals surface area contributed by atoms with E-state index in [9.17, 15) is 4.79 Å². The molecule has 1 amide bonds. The maximum atomic E-state index is 12.0. The fourth-order valence-electron chi connectivity index (χ4n) is 1.62. The number of hydrogen-bond donors (Lipinski definition) is 2. The van der Waals surface area contributed by atoms with E-state index in [1.54, 1.807) is 6.20 Å². The van der Waals surface area contributed by atoms with E-state index in [2.05, 4.69) is 30.5 Å². The maximum Gasteiger partial charge on any atom is 0.272 e. The van der Waals surface area contributed by atoms with Crippen molar-refractivity contribution in [3.63, 3.8) is 0 Å². The fourth-order valence-corrected chi connectivity index (χ4v) is 2.31. The Morgan fingerprint density at radius 2 is 2.20 bits per heavy atom. The number of nitrogens with one attached hydrogen (secondary N) is 2. The highest BCUT2D eigenvalue weighted by Crippen LogP contribution is 2.17. The summed E-state index contributed by atoms with van der Waals surface area (Å²) in [7, 11) is 0. The van der Waals surface area contributed by atoms with Crippen LogP contribution in [0.25, 0.3) is 0 Å². The molecule has 0 radical (unpaired) electrons. The molecule has 0 unspecified atom stereocenters. The zero-order chi connectivity index (χ0) is 14.2. The number of H-pyrrole nitrogens is 1. The molecule has 0 aliphatic carbocycles. The minimum absolute atomic E-state index is 0.188. The third-order valence-corrected chi connectivity index (χ3v) is 3.36. The van der Waals surface area contributed by atoms with Gasteiger partial charge < -0.3 is 5.32 Å². The molecule has 2 aromatic heterocycles. The van der Waals surface area contributed by atoms with Crippen LogP contribution in [0.5, 0.6) is 0 Å². The number of aromatic amines is 1. The smallest absolute Gasteiger partial charge is 0.272 e. The lowest BCUT2D eigenvalue weighted by atomic mass is 10.3. The zero-order valence-corrected chi connectivity index (χ0v) is 12.0. The van der Waals surface area contributed by atoms with Crippen LogP contribution in [0.1, 0.15) is 29.7 Å². The standard InChI is InChI=1S/C12H16N6OS/c1-2-20-12-10(13-6-7-15-12)11(19)14-5-3-4-9-16-8-17-18-9/h6-8H,2-5H2,1H3,(H,14,19)(H,16,17,18). The molecule has 0 spiro atoms. The molecular formula is C12H16N6OS. The van der Waals surface area contributed by atoms with E-state index in [-0.39, 0.29) is 5.91 Å². The van der Waals surface area contributed by atoms with Gasteiger partial charge in [0.2, 0.25) is 0 Å². The minimum atomic E-state index is -0.188. The van der Waals surface area contributed by atoms with Gasteiger partial charge in [-0.15, -0.1) is 11.8 Å². The van der Waals surface area contributed by atoms with Gasteiger partial charge in [-0.2, -0.15) is 5.10 Å². The van der Waals surface area contributed by atoms with Crippen molar-refractivity contribution in [3.05, 3.63) is 30.2 Å². The molecule has 8 heteroatoms. The second-order valence-electron chi connectivity index (χ2n) is 3.93. The third-order valence-electron chi connectivity index (χ3n) is 2.50. The largest absolute Gasteiger partial charge is 0.351 e. The Morgan fingerprint density at radius 1 is 1.35 bits per heavy atom. The molecule has 0 fully saturated rings. The fraction of sp³-hybridized carbons (Fsp3) is 0.417. The van der Waals surface area contributed by atoms with Crippen LogP contribution in [0.2, 0.25) is 0 Å². The van der Waals surface area contributed by atoms with E-state index in [0.29, 0.717) is 17.3 Å². The second-order valence-corrected chi connectivity index (χ2v) is 5.19. The van der Waals surface area contributed by atoms with Gasteiger partial charge in [0.1, 0.15) is 17.2 Å². The van der Waals surface area contributed by atoms with Gasteiger partial charge in [-0.25, -0.2) is 15.0 Å². The van der Waals surface area contributed by atoms with Crippen LogP contribution in [0.15, 0.2) is 23.7 Å². The topological polar surface area (TPSA) is 96.5 Å². The van der Waals surface area contributed by atoms with Gasteiger partial charge in [-0.05, 0) is 12.2 Å². The molecule has 2 N–H and O–H groups in total. The van der Waals surface area contributed by atoms with Gasteiger partial charge in [0.05, 0.1) is 0 Å². The number of aromatic nitrogens is 5. The summed E-state index contributed by atoms with van der Waals surface area (Å²) in [5.74, 6) is 1.48. The van der Waals surface area contributed by atoms with E-state index >= 15 is 0 Å². The van der Waals surface area contributed by atoms with E-state index in [4.69, 9.17) is 0 Å².